The number of benzene rings is 2. The van der Waals surface area contributed by atoms with Gasteiger partial charge < -0.3 is 9.47 Å². The number of para-hydroxylation sites is 1. The molecule has 2 aromatic carbocycles. The van der Waals surface area contributed by atoms with Crippen molar-refractivity contribution in [3.8, 4) is 5.75 Å². The Balaban J connectivity index is 1.44. The molecule has 5 heteroatoms. The Labute approximate surface area is 140 Å². The number of hydrogen-bond donors (Lipinski definition) is 0. The summed E-state index contributed by atoms with van der Waals surface area (Å²) in [5, 5.41) is 0.628. The highest BCUT2D eigenvalue weighted by atomic mass is 16.5. The molecule has 0 aliphatic carbocycles. The zero-order valence-electron chi connectivity index (χ0n) is 13.6. The molecule has 24 heavy (non-hydrogen) atoms. The first-order chi connectivity index (χ1) is 11.7. The van der Waals surface area contributed by atoms with E-state index in [2.05, 4.69) is 4.98 Å². The Hall–Kier alpha value is -2.66. The Kier molecular flexibility index (Phi) is 5.23. The predicted molar refractivity (Wildman–Crippen MR) is 93.5 cm³/mol. The molecule has 3 aromatic rings. The molecule has 0 aliphatic rings. The van der Waals surface area contributed by atoms with Crippen molar-refractivity contribution in [1.29, 1.82) is 0 Å². The molecule has 0 atom stereocenters. The molecule has 3 rings (SSSR count). The Morgan fingerprint density at radius 1 is 1.00 bits per heavy atom. The van der Waals surface area contributed by atoms with E-state index < -0.39 is 0 Å². The smallest absolute Gasteiger partial charge is 0.261 e. The summed E-state index contributed by atoms with van der Waals surface area (Å²) in [6.07, 6.45) is 1.57. The van der Waals surface area contributed by atoms with Gasteiger partial charge in [-0.2, -0.15) is 0 Å². The maximum Gasteiger partial charge on any atom is 0.261 e. The lowest BCUT2D eigenvalue weighted by Gasteiger charge is -2.09. The Morgan fingerprint density at radius 3 is 2.62 bits per heavy atom. The average molecular weight is 324 g/mol. The van der Waals surface area contributed by atoms with E-state index in [1.165, 1.54) is 5.56 Å². The molecule has 1 aromatic heterocycles. The zero-order valence-corrected chi connectivity index (χ0v) is 13.6. The van der Waals surface area contributed by atoms with Crippen LogP contribution < -0.4 is 10.3 Å². The number of nitrogens with zero attached hydrogens (tertiary/aromatic N) is 2. The van der Waals surface area contributed by atoms with Crippen molar-refractivity contribution in [2.24, 2.45) is 0 Å². The molecule has 0 aliphatic heterocycles. The molecular formula is C19H20N2O3. The van der Waals surface area contributed by atoms with E-state index in [9.17, 15) is 4.79 Å². The van der Waals surface area contributed by atoms with Crippen LogP contribution in [0.25, 0.3) is 10.9 Å². The summed E-state index contributed by atoms with van der Waals surface area (Å²) in [6.45, 7) is 3.91. The first-order valence-electron chi connectivity index (χ1n) is 7.95. The molecule has 0 unspecified atom stereocenters. The number of fused-ring (bicyclic) bond motifs is 1. The molecule has 124 valence electrons. The second-order valence-electron chi connectivity index (χ2n) is 5.53. The summed E-state index contributed by atoms with van der Waals surface area (Å²) in [5.41, 5.74) is 1.87. The van der Waals surface area contributed by atoms with Crippen molar-refractivity contribution in [1.82, 2.24) is 9.55 Å². The van der Waals surface area contributed by atoms with Crippen LogP contribution in [-0.2, 0) is 11.3 Å². The number of aromatic nitrogens is 2. The van der Waals surface area contributed by atoms with E-state index in [0.717, 1.165) is 5.75 Å². The summed E-state index contributed by atoms with van der Waals surface area (Å²) in [4.78, 5) is 16.6. The molecular weight excluding hydrogens is 304 g/mol. The standard InChI is InChI=1S/C19H20N2O3/c1-15-6-8-16(9-7-15)24-13-12-23-11-10-21-14-20-18-5-3-2-4-17(18)19(21)22/h2-9,14H,10-13H2,1H3. The van der Waals surface area contributed by atoms with Crippen LogP contribution in [0.1, 0.15) is 5.56 Å². The van der Waals surface area contributed by atoms with E-state index in [1.54, 1.807) is 17.0 Å². The largest absolute Gasteiger partial charge is 0.491 e. The van der Waals surface area contributed by atoms with Crippen LogP contribution in [0.2, 0.25) is 0 Å². The summed E-state index contributed by atoms with van der Waals surface area (Å²) < 4.78 is 12.7. The molecule has 0 N–H and O–H groups in total. The molecule has 0 radical (unpaired) electrons. The predicted octanol–water partition coefficient (Wildman–Crippen LogP) is 2.80. The van der Waals surface area contributed by atoms with E-state index in [-0.39, 0.29) is 5.56 Å². The zero-order chi connectivity index (χ0) is 16.8. The van der Waals surface area contributed by atoms with Gasteiger partial charge in [-0.1, -0.05) is 29.8 Å². The minimum atomic E-state index is -0.0416. The van der Waals surface area contributed by atoms with Gasteiger partial charge in [0.25, 0.3) is 5.56 Å². The van der Waals surface area contributed by atoms with Crippen molar-refractivity contribution in [2.75, 3.05) is 19.8 Å². The molecule has 0 fully saturated rings. The summed E-state index contributed by atoms with van der Waals surface area (Å²) in [6, 6.07) is 15.2. The van der Waals surface area contributed by atoms with Crippen molar-refractivity contribution in [3.05, 3.63) is 70.8 Å². The monoisotopic (exact) mass is 324 g/mol. The highest BCUT2D eigenvalue weighted by Gasteiger charge is 2.03. The van der Waals surface area contributed by atoms with Gasteiger partial charge in [0, 0.05) is 0 Å². The van der Waals surface area contributed by atoms with Crippen molar-refractivity contribution < 1.29 is 9.47 Å². The lowest BCUT2D eigenvalue weighted by atomic mass is 10.2. The van der Waals surface area contributed by atoms with Crippen molar-refractivity contribution in [3.63, 3.8) is 0 Å². The number of ether oxygens (including phenoxy) is 2. The van der Waals surface area contributed by atoms with Crippen LogP contribution in [0.5, 0.6) is 5.75 Å². The molecule has 0 amide bonds. The fraction of sp³-hybridized carbons (Fsp3) is 0.263. The second kappa shape index (κ2) is 7.75. The van der Waals surface area contributed by atoms with Gasteiger partial charge >= 0.3 is 0 Å². The van der Waals surface area contributed by atoms with Crippen LogP contribution in [0.15, 0.2) is 59.7 Å². The fourth-order valence-electron chi connectivity index (χ4n) is 2.38. The van der Waals surface area contributed by atoms with E-state index in [0.29, 0.717) is 37.3 Å². The maximum absolute atomic E-state index is 12.3. The van der Waals surface area contributed by atoms with Gasteiger partial charge in [0.05, 0.1) is 37.0 Å². The molecule has 5 nitrogen and oxygen atoms in total. The molecule has 0 bridgehead atoms. The van der Waals surface area contributed by atoms with Crippen LogP contribution in [-0.4, -0.2) is 29.4 Å². The second-order valence-corrected chi connectivity index (χ2v) is 5.53. The minimum Gasteiger partial charge on any atom is -0.491 e. The van der Waals surface area contributed by atoms with Gasteiger partial charge in [-0.15, -0.1) is 0 Å². The first-order valence-corrected chi connectivity index (χ1v) is 7.95. The Morgan fingerprint density at radius 2 is 1.79 bits per heavy atom. The third kappa shape index (κ3) is 4.00. The van der Waals surface area contributed by atoms with E-state index in [4.69, 9.17) is 9.47 Å². The summed E-state index contributed by atoms with van der Waals surface area (Å²) in [5.74, 6) is 0.833. The van der Waals surface area contributed by atoms with Gasteiger partial charge in [-0.05, 0) is 31.2 Å². The third-order valence-electron chi connectivity index (χ3n) is 3.73. The SMILES string of the molecule is Cc1ccc(OCCOCCn2cnc3ccccc3c2=O)cc1. The third-order valence-corrected chi connectivity index (χ3v) is 3.73. The van der Waals surface area contributed by atoms with Gasteiger partial charge in [0.1, 0.15) is 12.4 Å². The molecule has 0 saturated heterocycles. The van der Waals surface area contributed by atoms with E-state index >= 15 is 0 Å². The van der Waals surface area contributed by atoms with Gasteiger partial charge in [-0.25, -0.2) is 4.98 Å². The number of hydrogen-bond acceptors (Lipinski definition) is 4. The number of aryl methyl sites for hydroxylation is 1. The van der Waals surface area contributed by atoms with Gasteiger partial charge in [0.2, 0.25) is 0 Å². The van der Waals surface area contributed by atoms with Crippen molar-refractivity contribution in [2.45, 2.75) is 13.5 Å². The highest BCUT2D eigenvalue weighted by Crippen LogP contribution is 2.11. The fourth-order valence-corrected chi connectivity index (χ4v) is 2.38. The van der Waals surface area contributed by atoms with Crippen LogP contribution in [0.4, 0.5) is 0 Å². The highest BCUT2D eigenvalue weighted by molar-refractivity contribution is 5.76. The van der Waals surface area contributed by atoms with Gasteiger partial charge in [-0.3, -0.25) is 9.36 Å². The maximum atomic E-state index is 12.3. The quantitative estimate of drug-likeness (QED) is 0.627. The van der Waals surface area contributed by atoms with Crippen LogP contribution in [0, 0.1) is 6.92 Å². The lowest BCUT2D eigenvalue weighted by molar-refractivity contribution is 0.0938. The molecule has 1 heterocycles. The summed E-state index contributed by atoms with van der Waals surface area (Å²) in [7, 11) is 0. The first kappa shape index (κ1) is 16.2. The molecule has 0 saturated carbocycles. The normalized spacial score (nSPS) is 10.9. The van der Waals surface area contributed by atoms with E-state index in [1.807, 2.05) is 49.4 Å². The topological polar surface area (TPSA) is 53.4 Å². The summed E-state index contributed by atoms with van der Waals surface area (Å²) >= 11 is 0. The average Bonchev–Trinajstić information content (AvgIpc) is 2.61. The van der Waals surface area contributed by atoms with Gasteiger partial charge in [0.15, 0.2) is 0 Å². The van der Waals surface area contributed by atoms with Crippen LogP contribution >= 0.6 is 0 Å². The lowest BCUT2D eigenvalue weighted by Crippen LogP contribution is -2.23. The van der Waals surface area contributed by atoms with Crippen LogP contribution in [0.3, 0.4) is 0 Å². The van der Waals surface area contributed by atoms with Crippen molar-refractivity contribution >= 4 is 10.9 Å². The minimum absolute atomic E-state index is 0.0416. The molecule has 0 spiro atoms. The number of rotatable bonds is 7. The Bertz CT molecular complexity index is 856.